The summed E-state index contributed by atoms with van der Waals surface area (Å²) in [5.41, 5.74) is -0.381. The van der Waals surface area contributed by atoms with Crippen molar-refractivity contribution in [3.05, 3.63) is 53.4 Å². The Morgan fingerprint density at radius 1 is 1.25 bits per heavy atom. The van der Waals surface area contributed by atoms with Crippen LogP contribution in [-0.4, -0.2) is 26.4 Å². The van der Waals surface area contributed by atoms with Crippen LogP contribution in [0.1, 0.15) is 35.6 Å². The molecule has 1 aliphatic rings. The lowest BCUT2D eigenvalue weighted by Gasteiger charge is -2.22. The van der Waals surface area contributed by atoms with E-state index >= 15 is 0 Å². The molecule has 0 bridgehead atoms. The maximum absolute atomic E-state index is 13.3. The molecular weight excluding hydrogens is 333 g/mol. The van der Waals surface area contributed by atoms with Crippen molar-refractivity contribution in [1.82, 2.24) is 14.5 Å². The van der Waals surface area contributed by atoms with E-state index in [0.29, 0.717) is 29.5 Å². The third-order valence-corrected chi connectivity index (χ3v) is 3.75. The molecule has 4 nitrogen and oxygen atoms in total. The number of carbonyl (C=O) groups excluding carboxylic acids is 1. The molecule has 1 heterocycles. The van der Waals surface area contributed by atoms with Gasteiger partial charge in [0.25, 0.3) is 5.91 Å². The van der Waals surface area contributed by atoms with Gasteiger partial charge in [0.1, 0.15) is 5.82 Å². The highest BCUT2D eigenvalue weighted by Gasteiger charge is 2.35. The number of halogens is 5. The second kappa shape index (κ2) is 6.21. The number of nitrogens with zero attached hydrogens (tertiary/aromatic N) is 3. The molecule has 1 aromatic heterocycles. The molecule has 0 atom stereocenters. The van der Waals surface area contributed by atoms with Crippen LogP contribution in [0.4, 0.5) is 22.0 Å². The topological polar surface area (TPSA) is 38.1 Å². The van der Waals surface area contributed by atoms with Crippen LogP contribution in [0.5, 0.6) is 0 Å². The molecule has 1 aromatic carbocycles. The summed E-state index contributed by atoms with van der Waals surface area (Å²) in [4.78, 5) is 17.5. The zero-order valence-corrected chi connectivity index (χ0v) is 12.2. The first-order chi connectivity index (χ1) is 11.4. The van der Waals surface area contributed by atoms with Crippen molar-refractivity contribution in [3.8, 4) is 0 Å². The molecule has 0 spiro atoms. The quantitative estimate of drug-likeness (QED) is 0.614. The smallest absolute Gasteiger partial charge is 0.319 e. The van der Waals surface area contributed by atoms with E-state index in [2.05, 4.69) is 4.98 Å². The van der Waals surface area contributed by atoms with Gasteiger partial charge in [0.2, 0.25) is 0 Å². The normalized spacial score (nSPS) is 14.2. The third kappa shape index (κ3) is 3.10. The van der Waals surface area contributed by atoms with Gasteiger partial charge in [-0.2, -0.15) is 8.78 Å². The number of aromatic nitrogens is 2. The molecule has 0 unspecified atom stereocenters. The van der Waals surface area contributed by atoms with E-state index in [1.807, 2.05) is 0 Å². The number of hydrogen-bond donors (Lipinski definition) is 0. The third-order valence-electron chi connectivity index (χ3n) is 3.75. The summed E-state index contributed by atoms with van der Waals surface area (Å²) in [6.07, 6.45) is 3.54. The molecular formula is C15H12F5N3O. The fourth-order valence-corrected chi connectivity index (χ4v) is 2.39. The maximum atomic E-state index is 13.3. The number of benzene rings is 1. The van der Waals surface area contributed by atoms with Crippen molar-refractivity contribution < 1.29 is 26.7 Å². The lowest BCUT2D eigenvalue weighted by atomic mass is 10.1. The number of imidazole rings is 1. The molecule has 0 N–H and O–H groups in total. The second-order valence-corrected chi connectivity index (χ2v) is 5.45. The Balaban J connectivity index is 1.88. The first-order valence-electron chi connectivity index (χ1n) is 7.14. The summed E-state index contributed by atoms with van der Waals surface area (Å²) in [5.74, 6) is -5.45. The van der Waals surface area contributed by atoms with Gasteiger partial charge < -0.3 is 4.90 Å². The average molecular weight is 345 g/mol. The number of alkyl halides is 2. The van der Waals surface area contributed by atoms with Gasteiger partial charge in [0.05, 0.1) is 6.54 Å². The SMILES string of the molecule is O=C(c1cc(F)c(F)c(F)c1)N(Cc1nccn1C(F)F)C1CC1. The van der Waals surface area contributed by atoms with Crippen molar-refractivity contribution in [2.45, 2.75) is 32.0 Å². The molecule has 0 saturated heterocycles. The Bertz CT molecular complexity index is 749. The summed E-state index contributed by atoms with van der Waals surface area (Å²) in [5, 5.41) is 0. The Morgan fingerprint density at radius 3 is 2.42 bits per heavy atom. The van der Waals surface area contributed by atoms with Crippen LogP contribution in [0, 0.1) is 17.5 Å². The highest BCUT2D eigenvalue weighted by atomic mass is 19.3. The van der Waals surface area contributed by atoms with Crippen LogP contribution in [0.15, 0.2) is 24.5 Å². The Morgan fingerprint density at radius 2 is 1.88 bits per heavy atom. The molecule has 3 rings (SSSR count). The van der Waals surface area contributed by atoms with Crippen molar-refractivity contribution >= 4 is 5.91 Å². The van der Waals surface area contributed by atoms with Crippen molar-refractivity contribution in [2.75, 3.05) is 0 Å². The van der Waals surface area contributed by atoms with Crippen LogP contribution in [0.25, 0.3) is 0 Å². The molecule has 9 heteroatoms. The van der Waals surface area contributed by atoms with E-state index in [4.69, 9.17) is 0 Å². The summed E-state index contributed by atoms with van der Waals surface area (Å²) >= 11 is 0. The second-order valence-electron chi connectivity index (χ2n) is 5.45. The van der Waals surface area contributed by atoms with Crippen molar-refractivity contribution in [1.29, 1.82) is 0 Å². The number of carbonyl (C=O) groups is 1. The van der Waals surface area contributed by atoms with Gasteiger partial charge in [-0.25, -0.2) is 18.2 Å². The standard InChI is InChI=1S/C15H12F5N3O/c16-10-5-8(6-11(17)13(10)18)14(24)23(9-1-2-9)7-12-21-3-4-22(12)15(19)20/h3-6,9,15H,1-2,7H2. The van der Waals surface area contributed by atoms with Crippen LogP contribution >= 0.6 is 0 Å². The van der Waals surface area contributed by atoms with Gasteiger partial charge in [-0.05, 0) is 25.0 Å². The number of rotatable bonds is 5. The van der Waals surface area contributed by atoms with Crippen LogP contribution in [0.3, 0.4) is 0 Å². The summed E-state index contributed by atoms with van der Waals surface area (Å²) in [6.45, 7) is -3.05. The molecule has 1 aliphatic carbocycles. The first-order valence-corrected chi connectivity index (χ1v) is 7.14. The molecule has 2 aromatic rings. The average Bonchev–Trinajstić information content (AvgIpc) is 3.26. The molecule has 0 radical (unpaired) electrons. The first kappa shape index (κ1) is 16.4. The lowest BCUT2D eigenvalue weighted by molar-refractivity contribution is 0.0583. The molecule has 1 amide bonds. The number of amides is 1. The van der Waals surface area contributed by atoms with E-state index in [1.54, 1.807) is 0 Å². The van der Waals surface area contributed by atoms with Crippen LogP contribution in [0.2, 0.25) is 0 Å². The van der Waals surface area contributed by atoms with Gasteiger partial charge in [-0.15, -0.1) is 0 Å². The monoisotopic (exact) mass is 345 g/mol. The predicted octanol–water partition coefficient (Wildman–Crippen LogP) is 3.50. The minimum absolute atomic E-state index is 0.0479. The van der Waals surface area contributed by atoms with E-state index in [-0.39, 0.29) is 24.0 Å². The van der Waals surface area contributed by atoms with Gasteiger partial charge in [0, 0.05) is 24.0 Å². The molecule has 0 aliphatic heterocycles. The number of hydrogen-bond acceptors (Lipinski definition) is 2. The Kier molecular flexibility index (Phi) is 4.25. The van der Waals surface area contributed by atoms with E-state index in [0.717, 1.165) is 6.20 Å². The summed E-state index contributed by atoms with van der Waals surface area (Å²) in [7, 11) is 0. The van der Waals surface area contributed by atoms with Gasteiger partial charge in [-0.3, -0.25) is 9.36 Å². The predicted molar refractivity (Wildman–Crippen MR) is 72.7 cm³/mol. The van der Waals surface area contributed by atoms with E-state index in [9.17, 15) is 26.7 Å². The lowest BCUT2D eigenvalue weighted by Crippen LogP contribution is -2.34. The zero-order chi connectivity index (χ0) is 17.4. The minimum atomic E-state index is -2.82. The molecule has 128 valence electrons. The molecule has 24 heavy (non-hydrogen) atoms. The largest absolute Gasteiger partial charge is 0.328 e. The Labute approximate surface area is 133 Å². The van der Waals surface area contributed by atoms with Gasteiger partial charge in [0.15, 0.2) is 17.5 Å². The zero-order valence-electron chi connectivity index (χ0n) is 12.2. The van der Waals surface area contributed by atoms with Gasteiger partial charge >= 0.3 is 6.55 Å². The fourth-order valence-electron chi connectivity index (χ4n) is 2.39. The Hall–Kier alpha value is -2.45. The van der Waals surface area contributed by atoms with Crippen LogP contribution in [-0.2, 0) is 6.54 Å². The van der Waals surface area contributed by atoms with Crippen molar-refractivity contribution in [2.24, 2.45) is 0 Å². The highest BCUT2D eigenvalue weighted by Crippen LogP contribution is 2.30. The summed E-state index contributed by atoms with van der Waals surface area (Å²) in [6, 6.07) is 0.960. The van der Waals surface area contributed by atoms with Crippen LogP contribution < -0.4 is 0 Å². The highest BCUT2D eigenvalue weighted by molar-refractivity contribution is 5.94. The fraction of sp³-hybridized carbons (Fsp3) is 0.333. The minimum Gasteiger partial charge on any atom is -0.328 e. The van der Waals surface area contributed by atoms with Crippen molar-refractivity contribution in [3.63, 3.8) is 0 Å². The van der Waals surface area contributed by atoms with Gasteiger partial charge in [-0.1, -0.05) is 0 Å². The summed E-state index contributed by atoms with van der Waals surface area (Å²) < 4.78 is 66.0. The van der Waals surface area contributed by atoms with E-state index in [1.165, 1.54) is 11.1 Å². The maximum Gasteiger partial charge on any atom is 0.319 e. The molecule has 1 fully saturated rings. The van der Waals surface area contributed by atoms with E-state index < -0.39 is 29.9 Å². The molecule has 1 saturated carbocycles.